The minimum absolute atomic E-state index is 0.0760. The molecule has 0 spiro atoms. The summed E-state index contributed by atoms with van der Waals surface area (Å²) in [7, 11) is 0. The van der Waals surface area contributed by atoms with E-state index in [9.17, 15) is 22.8 Å². The number of nitrogens with zero attached hydrogens (tertiary/aromatic N) is 1. The lowest BCUT2D eigenvalue weighted by molar-refractivity contribution is -0.157. The third-order valence-electron chi connectivity index (χ3n) is 3.03. The Hall–Kier alpha value is -2.42. The molecule has 9 heteroatoms. The van der Waals surface area contributed by atoms with Crippen LogP contribution in [0.5, 0.6) is 0 Å². The molecule has 1 unspecified atom stereocenters. The van der Waals surface area contributed by atoms with E-state index in [1.807, 2.05) is 5.32 Å². The number of aromatic nitrogens is 1. The van der Waals surface area contributed by atoms with Crippen molar-refractivity contribution < 1.29 is 27.9 Å². The van der Waals surface area contributed by atoms with Gasteiger partial charge in [-0.25, -0.2) is 9.78 Å². The first kappa shape index (κ1) is 17.9. The Morgan fingerprint density at radius 3 is 2.46 bits per heavy atom. The van der Waals surface area contributed by atoms with E-state index in [4.69, 9.17) is 5.11 Å². The van der Waals surface area contributed by atoms with Crippen LogP contribution in [0.1, 0.15) is 21.1 Å². The second-order valence-corrected chi connectivity index (χ2v) is 6.16. The molecule has 0 saturated carbocycles. The number of benzene rings is 1. The van der Waals surface area contributed by atoms with Crippen molar-refractivity contribution in [2.45, 2.75) is 25.6 Å². The van der Waals surface area contributed by atoms with Crippen LogP contribution < -0.4 is 5.32 Å². The number of thiazole rings is 1. The maximum Gasteiger partial charge on any atom is 0.391 e. The molecule has 1 heterocycles. The lowest BCUT2D eigenvalue weighted by atomic mass is 10.1. The minimum Gasteiger partial charge on any atom is -0.480 e. The zero-order valence-corrected chi connectivity index (χ0v) is 13.2. The molecule has 2 aromatic rings. The molecular weight excluding hydrogens is 345 g/mol. The predicted octanol–water partition coefficient (Wildman–Crippen LogP) is 3.25. The summed E-state index contributed by atoms with van der Waals surface area (Å²) < 4.78 is 37.3. The average Bonchev–Trinajstić information content (AvgIpc) is 2.88. The highest BCUT2D eigenvalue weighted by Crippen LogP contribution is 2.28. The fourth-order valence-corrected chi connectivity index (χ4v) is 2.87. The maximum atomic E-state index is 12.4. The number of aliphatic carboxylic acids is 1. The van der Waals surface area contributed by atoms with Crippen LogP contribution in [0.25, 0.3) is 11.3 Å². The van der Waals surface area contributed by atoms with Gasteiger partial charge in [-0.1, -0.05) is 30.3 Å². The summed E-state index contributed by atoms with van der Waals surface area (Å²) in [4.78, 5) is 27.6. The molecule has 0 aliphatic heterocycles. The van der Waals surface area contributed by atoms with Crippen LogP contribution in [0.2, 0.25) is 0 Å². The van der Waals surface area contributed by atoms with Crippen molar-refractivity contribution in [2.24, 2.45) is 0 Å². The third kappa shape index (κ3) is 4.54. The summed E-state index contributed by atoms with van der Waals surface area (Å²) >= 11 is 0.992. The summed E-state index contributed by atoms with van der Waals surface area (Å²) in [6.07, 6.45) is -6.35. The maximum absolute atomic E-state index is 12.4. The molecule has 1 amide bonds. The molecule has 2 rings (SSSR count). The largest absolute Gasteiger partial charge is 0.480 e. The van der Waals surface area contributed by atoms with Crippen molar-refractivity contribution >= 4 is 23.2 Å². The number of aryl methyl sites for hydroxylation is 1. The van der Waals surface area contributed by atoms with Crippen molar-refractivity contribution in [2.75, 3.05) is 0 Å². The molecular formula is C15H13F3N2O3S. The van der Waals surface area contributed by atoms with Gasteiger partial charge in [-0.15, -0.1) is 11.3 Å². The first-order valence-electron chi connectivity index (χ1n) is 6.80. The number of carboxylic acid groups (broad SMARTS) is 1. The molecule has 5 nitrogen and oxygen atoms in total. The number of rotatable bonds is 5. The van der Waals surface area contributed by atoms with Crippen molar-refractivity contribution in [1.82, 2.24) is 10.3 Å². The average molecular weight is 358 g/mol. The Balaban J connectivity index is 2.28. The molecule has 2 N–H and O–H groups in total. The summed E-state index contributed by atoms with van der Waals surface area (Å²) in [6, 6.07) is 6.59. The van der Waals surface area contributed by atoms with Crippen molar-refractivity contribution in [3.05, 3.63) is 40.2 Å². The molecule has 0 fully saturated rings. The third-order valence-corrected chi connectivity index (χ3v) is 4.00. The van der Waals surface area contributed by atoms with Crippen molar-refractivity contribution in [3.63, 3.8) is 0 Å². The van der Waals surface area contributed by atoms with Crippen LogP contribution >= 0.6 is 11.3 Å². The number of hydrogen-bond acceptors (Lipinski definition) is 4. The van der Waals surface area contributed by atoms with Crippen LogP contribution in [0, 0.1) is 6.92 Å². The van der Waals surface area contributed by atoms with Crippen LogP contribution in [-0.2, 0) is 4.79 Å². The Labute approximate surface area is 139 Å². The predicted molar refractivity (Wildman–Crippen MR) is 81.8 cm³/mol. The van der Waals surface area contributed by atoms with Gasteiger partial charge in [0, 0.05) is 5.56 Å². The highest BCUT2D eigenvalue weighted by molar-refractivity contribution is 7.14. The van der Waals surface area contributed by atoms with Gasteiger partial charge in [0.15, 0.2) is 0 Å². The Morgan fingerprint density at radius 1 is 1.29 bits per heavy atom. The standard InChI is InChI=1S/C15H13F3N2O3S/c1-8-19-11(9-5-3-2-4-6-9)12(24-8)13(21)20-10(14(22)23)7-15(16,17)18/h2-6,10H,7H2,1H3,(H,20,21)(H,22,23). The lowest BCUT2D eigenvalue weighted by Gasteiger charge is -2.16. The monoisotopic (exact) mass is 358 g/mol. The first-order valence-corrected chi connectivity index (χ1v) is 7.62. The Morgan fingerprint density at radius 2 is 1.92 bits per heavy atom. The second-order valence-electron chi connectivity index (χ2n) is 4.96. The summed E-state index contributed by atoms with van der Waals surface area (Å²) in [5, 5.41) is 11.4. The molecule has 24 heavy (non-hydrogen) atoms. The quantitative estimate of drug-likeness (QED) is 0.860. The van der Waals surface area contributed by atoms with Crippen LogP contribution in [0.15, 0.2) is 30.3 Å². The molecule has 0 saturated heterocycles. The molecule has 128 valence electrons. The van der Waals surface area contributed by atoms with E-state index in [0.29, 0.717) is 16.3 Å². The smallest absolute Gasteiger partial charge is 0.391 e. The van der Waals surface area contributed by atoms with Gasteiger partial charge in [0.25, 0.3) is 5.91 Å². The highest BCUT2D eigenvalue weighted by Gasteiger charge is 2.37. The summed E-state index contributed by atoms with van der Waals surface area (Å²) in [6.45, 7) is 1.65. The fraction of sp³-hybridized carbons (Fsp3) is 0.267. The van der Waals surface area contributed by atoms with Gasteiger partial charge in [0.2, 0.25) is 0 Å². The zero-order valence-electron chi connectivity index (χ0n) is 12.4. The zero-order chi connectivity index (χ0) is 17.9. The molecule has 1 atom stereocenters. The SMILES string of the molecule is Cc1nc(-c2ccccc2)c(C(=O)NC(CC(F)(F)F)C(=O)O)s1. The lowest BCUT2D eigenvalue weighted by Crippen LogP contribution is -2.43. The van der Waals surface area contributed by atoms with Gasteiger partial charge in [0.05, 0.1) is 17.1 Å². The van der Waals surface area contributed by atoms with E-state index in [2.05, 4.69) is 4.98 Å². The van der Waals surface area contributed by atoms with Gasteiger partial charge < -0.3 is 10.4 Å². The summed E-state index contributed by atoms with van der Waals surface area (Å²) in [5.74, 6) is -2.64. The number of carbonyl (C=O) groups excluding carboxylic acids is 1. The Kier molecular flexibility index (Phi) is 5.23. The van der Waals surface area contributed by atoms with Gasteiger partial charge in [-0.05, 0) is 6.92 Å². The molecule has 1 aromatic heterocycles. The molecule has 1 aromatic carbocycles. The van der Waals surface area contributed by atoms with Crippen LogP contribution in [0.4, 0.5) is 13.2 Å². The molecule has 0 aliphatic rings. The van der Waals surface area contributed by atoms with Crippen molar-refractivity contribution in [3.8, 4) is 11.3 Å². The number of hydrogen-bond donors (Lipinski definition) is 2. The number of nitrogens with one attached hydrogen (secondary N) is 1. The van der Waals surface area contributed by atoms with E-state index in [1.165, 1.54) is 0 Å². The number of amides is 1. The van der Waals surface area contributed by atoms with Gasteiger partial charge >= 0.3 is 12.1 Å². The van der Waals surface area contributed by atoms with E-state index in [1.54, 1.807) is 37.3 Å². The fourth-order valence-electron chi connectivity index (χ4n) is 2.03. The van der Waals surface area contributed by atoms with Crippen LogP contribution in [-0.4, -0.2) is 34.2 Å². The minimum atomic E-state index is -4.71. The van der Waals surface area contributed by atoms with Gasteiger partial charge in [0.1, 0.15) is 10.9 Å². The number of alkyl halides is 3. The van der Waals surface area contributed by atoms with Crippen LogP contribution in [0.3, 0.4) is 0 Å². The van der Waals surface area contributed by atoms with E-state index >= 15 is 0 Å². The first-order chi connectivity index (χ1) is 11.2. The second kappa shape index (κ2) is 7.00. The van der Waals surface area contributed by atoms with Gasteiger partial charge in [-0.3, -0.25) is 4.79 Å². The molecule has 0 radical (unpaired) electrons. The number of halogens is 3. The van der Waals surface area contributed by atoms with Gasteiger partial charge in [-0.2, -0.15) is 13.2 Å². The summed E-state index contributed by atoms with van der Waals surface area (Å²) in [5.41, 5.74) is 0.932. The molecule has 0 bridgehead atoms. The topological polar surface area (TPSA) is 79.3 Å². The normalized spacial score (nSPS) is 12.7. The number of carboxylic acids is 1. The molecule has 0 aliphatic carbocycles. The van der Waals surface area contributed by atoms with E-state index in [-0.39, 0.29) is 4.88 Å². The van der Waals surface area contributed by atoms with Crippen molar-refractivity contribution in [1.29, 1.82) is 0 Å². The Bertz CT molecular complexity index is 744. The number of carbonyl (C=O) groups is 2. The van der Waals surface area contributed by atoms with E-state index in [0.717, 1.165) is 11.3 Å². The van der Waals surface area contributed by atoms with E-state index < -0.39 is 30.5 Å². The highest BCUT2D eigenvalue weighted by atomic mass is 32.1.